The molecule has 18 heavy (non-hydrogen) atoms. The molecule has 2 aromatic rings. The zero-order valence-electron chi connectivity index (χ0n) is 10.5. The molecule has 2 aliphatic rings. The number of benzene rings is 1. The van der Waals surface area contributed by atoms with Gasteiger partial charge in [0.1, 0.15) is 0 Å². The Hall–Kier alpha value is -1.61. The lowest BCUT2D eigenvalue weighted by molar-refractivity contribution is 0.434. The van der Waals surface area contributed by atoms with Crippen LogP contribution in [-0.4, -0.2) is 11.1 Å². The van der Waals surface area contributed by atoms with E-state index in [0.717, 1.165) is 48.0 Å². The normalized spacial score (nSPS) is 21.3. The largest absolute Gasteiger partial charge is 0.341 e. The molecule has 0 saturated heterocycles. The average molecular weight is 240 g/mol. The lowest BCUT2D eigenvalue weighted by Gasteiger charge is -2.27. The van der Waals surface area contributed by atoms with Crippen LogP contribution in [0.15, 0.2) is 23.0 Å². The van der Waals surface area contributed by atoms with Gasteiger partial charge in [-0.25, -0.2) is 0 Å². The molecule has 2 heterocycles. The Morgan fingerprint density at radius 2 is 2.28 bits per heavy atom. The molecule has 1 aliphatic heterocycles. The highest BCUT2D eigenvalue weighted by Crippen LogP contribution is 2.33. The number of nitrogens with zero attached hydrogens (tertiary/aromatic N) is 1. The predicted molar refractivity (Wildman–Crippen MR) is 72.0 cm³/mol. The van der Waals surface area contributed by atoms with Gasteiger partial charge < -0.3 is 9.88 Å². The monoisotopic (exact) mass is 240 g/mol. The van der Waals surface area contributed by atoms with Crippen LogP contribution < -0.4 is 10.7 Å². The van der Waals surface area contributed by atoms with Crippen LogP contribution in [0.1, 0.15) is 29.3 Å². The first-order valence-corrected chi connectivity index (χ1v) is 6.65. The molecule has 0 spiro atoms. The maximum Gasteiger partial charge on any atom is 0.192 e. The minimum atomic E-state index is 0.256. The summed E-state index contributed by atoms with van der Waals surface area (Å²) < 4.78 is 2.36. The van der Waals surface area contributed by atoms with Crippen LogP contribution in [0.4, 0.5) is 0 Å². The number of nitrogens with one attached hydrogen (secondary N) is 1. The molecule has 0 bridgehead atoms. The first kappa shape index (κ1) is 10.3. The summed E-state index contributed by atoms with van der Waals surface area (Å²) in [6, 6.07) is 6.64. The molecule has 0 radical (unpaired) electrons. The summed E-state index contributed by atoms with van der Waals surface area (Å²) in [5, 5.41) is 4.42. The van der Waals surface area contributed by atoms with Gasteiger partial charge in [-0.1, -0.05) is 11.6 Å². The highest BCUT2D eigenvalue weighted by Gasteiger charge is 2.31. The maximum absolute atomic E-state index is 12.6. The van der Waals surface area contributed by atoms with Crippen molar-refractivity contribution in [2.24, 2.45) is 0 Å². The Bertz CT molecular complexity index is 714. The van der Waals surface area contributed by atoms with Crippen molar-refractivity contribution in [2.45, 2.75) is 32.4 Å². The zero-order chi connectivity index (χ0) is 12.3. The second-order valence-electron chi connectivity index (χ2n) is 5.41. The van der Waals surface area contributed by atoms with Gasteiger partial charge in [-0.05, 0) is 31.9 Å². The molecule has 3 nitrogen and oxygen atoms in total. The fourth-order valence-electron chi connectivity index (χ4n) is 3.49. The Balaban J connectivity index is 2.20. The van der Waals surface area contributed by atoms with Gasteiger partial charge in [0.25, 0.3) is 0 Å². The molecular formula is C15H16N2O. The molecule has 0 amide bonds. The minimum Gasteiger partial charge on any atom is -0.341 e. The Morgan fingerprint density at radius 3 is 3.17 bits per heavy atom. The number of hydrogen-bond acceptors (Lipinski definition) is 2. The van der Waals surface area contributed by atoms with Crippen LogP contribution in [0.3, 0.4) is 0 Å². The quantitative estimate of drug-likeness (QED) is 0.763. The first-order chi connectivity index (χ1) is 8.75. The smallest absolute Gasteiger partial charge is 0.192 e. The molecule has 1 aliphatic carbocycles. The van der Waals surface area contributed by atoms with E-state index < -0.39 is 0 Å². The number of pyridine rings is 1. The standard InChI is InChI=1S/C15H16N2O/c1-9-2-5-13-11(8-9)15(18)10-3-4-12-14(10)17(13)7-6-16-12/h2,5,8,12,16H,3-4,6-7H2,1H3/t12-/m1/s1. The second-order valence-corrected chi connectivity index (χ2v) is 5.41. The van der Waals surface area contributed by atoms with Gasteiger partial charge in [0.15, 0.2) is 5.43 Å². The molecule has 1 aromatic heterocycles. The van der Waals surface area contributed by atoms with Crippen molar-refractivity contribution in [3.63, 3.8) is 0 Å². The van der Waals surface area contributed by atoms with E-state index in [-0.39, 0.29) is 5.43 Å². The fourth-order valence-corrected chi connectivity index (χ4v) is 3.49. The van der Waals surface area contributed by atoms with E-state index in [0.29, 0.717) is 6.04 Å². The summed E-state index contributed by atoms with van der Waals surface area (Å²) in [4.78, 5) is 12.6. The second kappa shape index (κ2) is 3.45. The lowest BCUT2D eigenvalue weighted by Crippen LogP contribution is -2.34. The van der Waals surface area contributed by atoms with Crippen molar-refractivity contribution >= 4 is 10.9 Å². The number of rotatable bonds is 0. The maximum atomic E-state index is 12.6. The van der Waals surface area contributed by atoms with E-state index in [1.165, 1.54) is 5.69 Å². The highest BCUT2D eigenvalue weighted by atomic mass is 16.1. The molecule has 1 aromatic carbocycles. The van der Waals surface area contributed by atoms with Gasteiger partial charge in [0.2, 0.25) is 0 Å². The van der Waals surface area contributed by atoms with Crippen molar-refractivity contribution in [3.05, 3.63) is 45.2 Å². The van der Waals surface area contributed by atoms with E-state index in [1.807, 2.05) is 13.0 Å². The zero-order valence-corrected chi connectivity index (χ0v) is 10.5. The fraction of sp³-hybridized carbons (Fsp3) is 0.400. The predicted octanol–water partition coefficient (Wildman–Crippen LogP) is 1.90. The van der Waals surface area contributed by atoms with Crippen molar-refractivity contribution in [1.82, 2.24) is 9.88 Å². The topological polar surface area (TPSA) is 34.0 Å². The number of hydrogen-bond donors (Lipinski definition) is 1. The number of aryl methyl sites for hydroxylation is 1. The van der Waals surface area contributed by atoms with Gasteiger partial charge in [-0.3, -0.25) is 4.79 Å². The summed E-state index contributed by atoms with van der Waals surface area (Å²) in [5.74, 6) is 0. The van der Waals surface area contributed by atoms with E-state index in [9.17, 15) is 4.79 Å². The van der Waals surface area contributed by atoms with Gasteiger partial charge >= 0.3 is 0 Å². The van der Waals surface area contributed by atoms with E-state index in [1.54, 1.807) is 0 Å². The van der Waals surface area contributed by atoms with Crippen LogP contribution >= 0.6 is 0 Å². The summed E-state index contributed by atoms with van der Waals surface area (Å²) >= 11 is 0. The molecule has 92 valence electrons. The van der Waals surface area contributed by atoms with Crippen molar-refractivity contribution in [3.8, 4) is 0 Å². The molecule has 1 N–H and O–H groups in total. The molecule has 3 heteroatoms. The van der Waals surface area contributed by atoms with Gasteiger partial charge in [-0.2, -0.15) is 0 Å². The molecule has 4 rings (SSSR count). The summed E-state index contributed by atoms with van der Waals surface area (Å²) in [6.07, 6.45) is 2.00. The van der Waals surface area contributed by atoms with Gasteiger partial charge in [0, 0.05) is 35.8 Å². The van der Waals surface area contributed by atoms with Crippen LogP contribution in [0.25, 0.3) is 10.9 Å². The summed E-state index contributed by atoms with van der Waals surface area (Å²) in [7, 11) is 0. The molecule has 0 fully saturated rings. The highest BCUT2D eigenvalue weighted by molar-refractivity contribution is 5.81. The van der Waals surface area contributed by atoms with Crippen LogP contribution in [0.5, 0.6) is 0 Å². The Labute approximate surface area is 105 Å². The SMILES string of the molecule is Cc1ccc2c(c1)c(=O)c1c3n2CCN[C@@H]3CC1. The van der Waals surface area contributed by atoms with Gasteiger partial charge in [-0.15, -0.1) is 0 Å². The first-order valence-electron chi connectivity index (χ1n) is 6.65. The van der Waals surface area contributed by atoms with Crippen molar-refractivity contribution in [1.29, 1.82) is 0 Å². The molecular weight excluding hydrogens is 224 g/mol. The lowest BCUT2D eigenvalue weighted by atomic mass is 10.0. The average Bonchev–Trinajstić information content (AvgIpc) is 2.81. The molecule has 0 unspecified atom stereocenters. The third-order valence-electron chi connectivity index (χ3n) is 4.30. The van der Waals surface area contributed by atoms with E-state index in [2.05, 4.69) is 22.0 Å². The summed E-state index contributed by atoms with van der Waals surface area (Å²) in [6.45, 7) is 4.02. The summed E-state index contributed by atoms with van der Waals surface area (Å²) in [5.41, 5.74) is 4.83. The Kier molecular flexibility index (Phi) is 1.98. The van der Waals surface area contributed by atoms with E-state index in [4.69, 9.17) is 0 Å². The van der Waals surface area contributed by atoms with Crippen molar-refractivity contribution < 1.29 is 0 Å². The van der Waals surface area contributed by atoms with Gasteiger partial charge in [0.05, 0.1) is 5.52 Å². The Morgan fingerprint density at radius 1 is 1.39 bits per heavy atom. The molecule has 1 atom stereocenters. The third kappa shape index (κ3) is 1.20. The molecule has 0 saturated carbocycles. The minimum absolute atomic E-state index is 0.256. The number of fused-ring (bicyclic) bond motifs is 2. The van der Waals surface area contributed by atoms with Crippen LogP contribution in [0.2, 0.25) is 0 Å². The third-order valence-corrected chi connectivity index (χ3v) is 4.30. The van der Waals surface area contributed by atoms with Crippen molar-refractivity contribution in [2.75, 3.05) is 6.54 Å². The number of aromatic nitrogens is 1. The van der Waals surface area contributed by atoms with E-state index >= 15 is 0 Å². The van der Waals surface area contributed by atoms with Crippen LogP contribution in [-0.2, 0) is 13.0 Å². The van der Waals surface area contributed by atoms with Crippen LogP contribution in [0, 0.1) is 6.92 Å².